The number of carbonyl (C=O) groups is 1. The van der Waals surface area contributed by atoms with E-state index in [1.54, 1.807) is 0 Å². The largest absolute Gasteiger partial charge is 0.458 e. The summed E-state index contributed by atoms with van der Waals surface area (Å²) in [5.41, 5.74) is 3.48. The second-order valence-corrected chi connectivity index (χ2v) is 8.24. The normalized spacial score (nSPS) is 18.1. The van der Waals surface area contributed by atoms with E-state index in [4.69, 9.17) is 9.47 Å². The van der Waals surface area contributed by atoms with E-state index in [0.717, 1.165) is 42.4 Å². The molecule has 4 heteroatoms. The van der Waals surface area contributed by atoms with Crippen LogP contribution in [0, 0.1) is 6.92 Å². The summed E-state index contributed by atoms with van der Waals surface area (Å²) in [7, 11) is 0. The number of likely N-dealkylation sites (tertiary alicyclic amines) is 1. The number of nitrogens with zero attached hydrogens (tertiary/aromatic N) is 1. The molecule has 0 N–H and O–H groups in total. The fourth-order valence-electron chi connectivity index (χ4n) is 4.45. The summed E-state index contributed by atoms with van der Waals surface area (Å²) in [5.74, 6) is 2.13. The molecule has 1 saturated heterocycles. The van der Waals surface area contributed by atoms with Crippen molar-refractivity contribution >= 4 is 16.6 Å². The van der Waals surface area contributed by atoms with Crippen molar-refractivity contribution in [1.82, 2.24) is 4.90 Å². The van der Waals surface area contributed by atoms with Gasteiger partial charge in [0.25, 0.3) is 0 Å². The molecule has 152 valence electrons. The molecule has 2 aliphatic heterocycles. The third-order valence-corrected chi connectivity index (χ3v) is 6.11. The van der Waals surface area contributed by atoms with Crippen LogP contribution < -0.4 is 9.47 Å². The Morgan fingerprint density at radius 1 is 1.00 bits per heavy atom. The minimum atomic E-state index is 0.186. The number of rotatable bonds is 5. The van der Waals surface area contributed by atoms with Crippen molar-refractivity contribution in [2.45, 2.75) is 25.7 Å². The van der Waals surface area contributed by atoms with Gasteiger partial charge in [0.05, 0.1) is 0 Å². The van der Waals surface area contributed by atoms with Gasteiger partial charge in [0.1, 0.15) is 12.5 Å². The molecule has 0 aromatic heterocycles. The molecule has 5 rings (SSSR count). The van der Waals surface area contributed by atoms with Gasteiger partial charge in [-0.1, -0.05) is 42.0 Å². The Morgan fingerprint density at radius 2 is 1.80 bits per heavy atom. The Hall–Kier alpha value is -3.11. The number of ketones is 1. The summed E-state index contributed by atoms with van der Waals surface area (Å²) in [6, 6.07) is 18.5. The predicted octanol–water partition coefficient (Wildman–Crippen LogP) is 5.45. The van der Waals surface area contributed by atoms with Crippen LogP contribution in [-0.2, 0) is 0 Å². The average molecular weight is 399 g/mol. The zero-order valence-corrected chi connectivity index (χ0v) is 17.1. The minimum absolute atomic E-state index is 0.186. The number of aryl methyl sites for hydroxylation is 1. The van der Waals surface area contributed by atoms with Gasteiger partial charge in [-0.25, -0.2) is 0 Å². The molecule has 0 radical (unpaired) electrons. The number of Topliss-reactive ketones (excluding diaryl/α,β-unsaturated/α-hetero) is 1. The van der Waals surface area contributed by atoms with E-state index in [2.05, 4.69) is 36.1 Å². The molecule has 0 bridgehead atoms. The molecule has 4 nitrogen and oxygen atoms in total. The number of hydrogen-bond donors (Lipinski definition) is 0. The highest BCUT2D eigenvalue weighted by Gasteiger charge is 2.24. The Balaban J connectivity index is 1.23. The highest BCUT2D eigenvalue weighted by molar-refractivity contribution is 6.00. The summed E-state index contributed by atoms with van der Waals surface area (Å²) in [6.45, 7) is 5.04. The van der Waals surface area contributed by atoms with E-state index in [-0.39, 0.29) is 5.78 Å². The third kappa shape index (κ3) is 3.83. The smallest absolute Gasteiger partial charge is 0.169 e. The van der Waals surface area contributed by atoms with Crippen molar-refractivity contribution < 1.29 is 14.3 Å². The zero-order valence-electron chi connectivity index (χ0n) is 17.1. The van der Waals surface area contributed by atoms with Crippen LogP contribution in [-0.4, -0.2) is 30.3 Å². The first-order valence-corrected chi connectivity index (χ1v) is 10.5. The molecular weight excluding hydrogens is 374 g/mol. The van der Waals surface area contributed by atoms with Gasteiger partial charge < -0.3 is 14.4 Å². The molecule has 0 spiro atoms. The summed E-state index contributed by atoms with van der Waals surface area (Å²) in [5, 5.41) is 2.02. The molecule has 2 aliphatic rings. The first-order valence-electron chi connectivity index (χ1n) is 10.5. The van der Waals surface area contributed by atoms with E-state index in [1.807, 2.05) is 30.3 Å². The third-order valence-electron chi connectivity index (χ3n) is 6.11. The minimum Gasteiger partial charge on any atom is -0.458 e. The standard InChI is InChI=1S/C26H25NO3/c1-18-3-2-4-19(13-18)22-7-9-27(17-22)10-8-24(28)21-6-5-20-15-25-26(16-23(20)14-21)30-12-11-29-25/h2-6,11-16,22H,7-10,17H2,1H3. The van der Waals surface area contributed by atoms with Crippen molar-refractivity contribution in [3.63, 3.8) is 0 Å². The van der Waals surface area contributed by atoms with Crippen molar-refractivity contribution in [1.29, 1.82) is 0 Å². The topological polar surface area (TPSA) is 38.8 Å². The molecule has 0 amide bonds. The second kappa shape index (κ2) is 7.96. The van der Waals surface area contributed by atoms with Crippen LogP contribution in [0.3, 0.4) is 0 Å². The maximum atomic E-state index is 12.8. The molecule has 0 saturated carbocycles. The van der Waals surface area contributed by atoms with Crippen LogP contribution in [0.15, 0.2) is 67.1 Å². The van der Waals surface area contributed by atoms with Gasteiger partial charge in [-0.2, -0.15) is 0 Å². The van der Waals surface area contributed by atoms with E-state index in [0.29, 0.717) is 23.8 Å². The van der Waals surface area contributed by atoms with Crippen molar-refractivity contribution in [2.75, 3.05) is 19.6 Å². The summed E-state index contributed by atoms with van der Waals surface area (Å²) < 4.78 is 11.0. The number of ether oxygens (including phenoxy) is 2. The van der Waals surface area contributed by atoms with Gasteiger partial charge in [0.2, 0.25) is 0 Å². The Morgan fingerprint density at radius 3 is 2.60 bits per heavy atom. The molecule has 2 heterocycles. The SMILES string of the molecule is Cc1cccc(C2CCN(CCC(=O)c3ccc4cc5c(cc4c3)OC=CO5)C2)c1. The predicted molar refractivity (Wildman–Crippen MR) is 118 cm³/mol. The van der Waals surface area contributed by atoms with Gasteiger partial charge >= 0.3 is 0 Å². The van der Waals surface area contributed by atoms with Crippen molar-refractivity contribution in [2.24, 2.45) is 0 Å². The lowest BCUT2D eigenvalue weighted by Crippen LogP contribution is -2.23. The van der Waals surface area contributed by atoms with Gasteiger partial charge in [-0.05, 0) is 60.3 Å². The highest BCUT2D eigenvalue weighted by Crippen LogP contribution is 2.35. The van der Waals surface area contributed by atoms with Crippen LogP contribution in [0.4, 0.5) is 0 Å². The molecule has 3 aromatic carbocycles. The van der Waals surface area contributed by atoms with Crippen molar-refractivity contribution in [3.05, 3.63) is 83.8 Å². The molecular formula is C26H25NO3. The van der Waals surface area contributed by atoms with E-state index < -0.39 is 0 Å². The fraction of sp³-hybridized carbons (Fsp3) is 0.269. The average Bonchev–Trinajstić information content (AvgIpc) is 3.25. The van der Waals surface area contributed by atoms with Crippen molar-refractivity contribution in [3.8, 4) is 11.5 Å². The lowest BCUT2D eigenvalue weighted by Gasteiger charge is -2.16. The van der Waals surface area contributed by atoms with Gasteiger partial charge in [0, 0.05) is 25.1 Å². The first-order chi connectivity index (χ1) is 14.7. The summed E-state index contributed by atoms with van der Waals surface area (Å²) in [4.78, 5) is 15.3. The number of hydrogen-bond acceptors (Lipinski definition) is 4. The molecule has 1 atom stereocenters. The van der Waals surface area contributed by atoms with Crippen LogP contribution in [0.2, 0.25) is 0 Å². The number of benzene rings is 3. The van der Waals surface area contributed by atoms with E-state index >= 15 is 0 Å². The van der Waals surface area contributed by atoms with E-state index in [9.17, 15) is 4.79 Å². The van der Waals surface area contributed by atoms with E-state index in [1.165, 1.54) is 23.7 Å². The first kappa shape index (κ1) is 18.9. The monoisotopic (exact) mass is 399 g/mol. The molecule has 1 unspecified atom stereocenters. The highest BCUT2D eigenvalue weighted by atomic mass is 16.5. The Bertz CT molecular complexity index is 1130. The van der Waals surface area contributed by atoms with Gasteiger partial charge in [-0.15, -0.1) is 0 Å². The molecule has 1 fully saturated rings. The molecule has 30 heavy (non-hydrogen) atoms. The summed E-state index contributed by atoms with van der Waals surface area (Å²) >= 11 is 0. The Labute approximate surface area is 176 Å². The van der Waals surface area contributed by atoms with Gasteiger partial charge in [-0.3, -0.25) is 4.79 Å². The van der Waals surface area contributed by atoms with Crippen LogP contribution in [0.1, 0.15) is 40.2 Å². The second-order valence-electron chi connectivity index (χ2n) is 8.24. The quantitative estimate of drug-likeness (QED) is 0.535. The Kier molecular flexibility index (Phi) is 5.01. The van der Waals surface area contributed by atoms with Crippen LogP contribution >= 0.6 is 0 Å². The lowest BCUT2D eigenvalue weighted by atomic mass is 9.97. The number of fused-ring (bicyclic) bond motifs is 2. The van der Waals surface area contributed by atoms with Crippen LogP contribution in [0.5, 0.6) is 11.5 Å². The van der Waals surface area contributed by atoms with Crippen LogP contribution in [0.25, 0.3) is 10.8 Å². The lowest BCUT2D eigenvalue weighted by molar-refractivity contribution is 0.0969. The number of carbonyl (C=O) groups excluding carboxylic acids is 1. The zero-order chi connectivity index (χ0) is 20.5. The molecule has 0 aliphatic carbocycles. The molecule has 3 aromatic rings. The van der Waals surface area contributed by atoms with Gasteiger partial charge in [0.15, 0.2) is 17.3 Å². The fourth-order valence-corrected chi connectivity index (χ4v) is 4.45. The maximum absolute atomic E-state index is 12.8. The summed E-state index contributed by atoms with van der Waals surface area (Å²) in [6.07, 6.45) is 4.74. The maximum Gasteiger partial charge on any atom is 0.169 e.